The first-order valence-corrected chi connectivity index (χ1v) is 15.2. The van der Waals surface area contributed by atoms with E-state index < -0.39 is 0 Å². The van der Waals surface area contributed by atoms with Gasteiger partial charge in [0.1, 0.15) is 11.1 Å². The van der Waals surface area contributed by atoms with Crippen LogP contribution in [0.1, 0.15) is 0 Å². The molecule has 0 atom stereocenters. The van der Waals surface area contributed by atoms with Gasteiger partial charge in [-0.3, -0.25) is 4.57 Å². The Kier molecular flexibility index (Phi) is 4.57. The zero-order chi connectivity index (χ0) is 28.1. The van der Waals surface area contributed by atoms with Crippen LogP contribution in [0.3, 0.4) is 0 Å². The zero-order valence-corrected chi connectivity index (χ0v) is 23.6. The van der Waals surface area contributed by atoms with Gasteiger partial charge in [0, 0.05) is 48.0 Å². The second-order valence-corrected chi connectivity index (χ2v) is 12.0. The highest BCUT2D eigenvalue weighted by Gasteiger charge is 2.22. The maximum absolute atomic E-state index is 6.60. The highest BCUT2D eigenvalue weighted by molar-refractivity contribution is 7.26. The topological polar surface area (TPSA) is 43.9 Å². The molecule has 0 saturated heterocycles. The van der Waals surface area contributed by atoms with E-state index in [-0.39, 0.29) is 0 Å². The fourth-order valence-corrected chi connectivity index (χ4v) is 7.91. The van der Waals surface area contributed by atoms with Gasteiger partial charge in [-0.2, -0.15) is 0 Å². The highest BCUT2D eigenvalue weighted by atomic mass is 32.1. The minimum atomic E-state index is 0.635. The molecule has 0 aliphatic carbocycles. The smallest absolute Gasteiger partial charge is 0.235 e. The van der Waals surface area contributed by atoms with Crippen LogP contribution in [-0.2, 0) is 0 Å². The molecule has 0 unspecified atom stereocenters. The molecule has 6 aromatic carbocycles. The average molecular weight is 568 g/mol. The molecule has 0 amide bonds. The maximum Gasteiger partial charge on any atom is 0.235 e. The number of nitrogens with zero attached hydrogens (tertiary/aromatic N) is 3. The average Bonchev–Trinajstić information content (AvgIpc) is 3.74. The Morgan fingerprint density at radius 1 is 0.535 bits per heavy atom. The quantitative estimate of drug-likeness (QED) is 0.209. The summed E-state index contributed by atoms with van der Waals surface area (Å²) in [5.41, 5.74) is 6.70. The Bertz CT molecular complexity index is 2730. The zero-order valence-electron chi connectivity index (χ0n) is 22.8. The minimum Gasteiger partial charge on any atom is -0.454 e. The Labute approximate surface area is 249 Å². The number of hydrogen-bond donors (Lipinski definition) is 0. The Morgan fingerprint density at radius 3 is 2.14 bits per heavy atom. The largest absolute Gasteiger partial charge is 0.454 e. The van der Waals surface area contributed by atoms with Crippen LogP contribution in [0.5, 0.6) is 0 Å². The van der Waals surface area contributed by atoms with Crippen molar-refractivity contribution in [2.24, 2.45) is 0 Å². The van der Waals surface area contributed by atoms with Gasteiger partial charge in [-0.1, -0.05) is 97.1 Å². The van der Waals surface area contributed by atoms with E-state index in [9.17, 15) is 0 Å². The first kappa shape index (κ1) is 23.1. The van der Waals surface area contributed by atoms with Crippen LogP contribution in [-0.4, -0.2) is 14.5 Å². The van der Waals surface area contributed by atoms with Gasteiger partial charge in [-0.05, 0) is 30.3 Å². The lowest BCUT2D eigenvalue weighted by molar-refractivity contribution is 0.671. The number of para-hydroxylation sites is 2. The van der Waals surface area contributed by atoms with Crippen molar-refractivity contribution in [1.82, 2.24) is 14.5 Å². The van der Waals surface area contributed by atoms with E-state index in [1.807, 2.05) is 18.2 Å². The van der Waals surface area contributed by atoms with Gasteiger partial charge in [-0.25, -0.2) is 9.97 Å². The number of aromatic nitrogens is 3. The molecule has 0 fully saturated rings. The molecule has 4 nitrogen and oxygen atoms in total. The van der Waals surface area contributed by atoms with Gasteiger partial charge in [-0.15, -0.1) is 11.3 Å². The molecule has 4 aromatic heterocycles. The van der Waals surface area contributed by atoms with E-state index in [1.54, 1.807) is 11.3 Å². The van der Waals surface area contributed by atoms with E-state index >= 15 is 0 Å². The third kappa shape index (κ3) is 3.14. The summed E-state index contributed by atoms with van der Waals surface area (Å²) in [5.74, 6) is 0.635. The summed E-state index contributed by atoms with van der Waals surface area (Å²) in [6.45, 7) is 0. The van der Waals surface area contributed by atoms with Crippen molar-refractivity contribution in [2.75, 3.05) is 0 Å². The van der Waals surface area contributed by atoms with E-state index in [2.05, 4.69) is 114 Å². The predicted octanol–water partition coefficient (Wildman–Crippen LogP) is 10.7. The van der Waals surface area contributed by atoms with Gasteiger partial charge < -0.3 is 4.42 Å². The number of rotatable bonds is 2. The lowest BCUT2D eigenvalue weighted by Gasteiger charge is -2.12. The molecule has 5 heteroatoms. The van der Waals surface area contributed by atoms with E-state index in [4.69, 9.17) is 14.4 Å². The molecule has 0 spiro atoms. The molecule has 0 N–H and O–H groups in total. The van der Waals surface area contributed by atoms with Crippen molar-refractivity contribution in [1.29, 1.82) is 0 Å². The lowest BCUT2D eigenvalue weighted by Crippen LogP contribution is -2.03. The van der Waals surface area contributed by atoms with Crippen molar-refractivity contribution in [2.45, 2.75) is 0 Å². The Balaban J connectivity index is 1.42. The fraction of sp³-hybridized carbons (Fsp3) is 0. The van der Waals surface area contributed by atoms with E-state index in [1.165, 1.54) is 20.2 Å². The van der Waals surface area contributed by atoms with Crippen LogP contribution in [0.4, 0.5) is 0 Å². The summed E-state index contributed by atoms with van der Waals surface area (Å²) in [7, 11) is 0. The molecular weight excluding hydrogens is 547 g/mol. The molecule has 43 heavy (non-hydrogen) atoms. The van der Waals surface area contributed by atoms with Crippen molar-refractivity contribution >= 4 is 86.2 Å². The predicted molar refractivity (Wildman–Crippen MR) is 179 cm³/mol. The van der Waals surface area contributed by atoms with Crippen LogP contribution in [0.15, 0.2) is 132 Å². The molecule has 200 valence electrons. The maximum atomic E-state index is 6.60. The molecule has 0 aliphatic heterocycles. The van der Waals surface area contributed by atoms with Crippen molar-refractivity contribution in [3.63, 3.8) is 0 Å². The second kappa shape index (κ2) is 8.51. The minimum absolute atomic E-state index is 0.635. The van der Waals surface area contributed by atoms with Gasteiger partial charge in [0.15, 0.2) is 5.58 Å². The summed E-state index contributed by atoms with van der Waals surface area (Å²) >= 11 is 1.80. The SMILES string of the molecule is c1ccc(-c2nc(-n3c4ccccc4c4ccc5c6ccccc6oc5c43)nc3c2ccc2c4ccccc4sc23)cc1. The molecule has 0 radical (unpaired) electrons. The molecule has 0 saturated carbocycles. The molecule has 0 aliphatic rings. The third-order valence-electron chi connectivity index (χ3n) is 8.63. The number of hydrogen-bond acceptors (Lipinski definition) is 4. The number of benzene rings is 6. The summed E-state index contributed by atoms with van der Waals surface area (Å²) in [6, 6.07) is 44.6. The standard InChI is InChI=1S/C38H21N3OS/c1-2-10-22(11-3-1)33-29-21-20-28-25-14-6-9-17-32(25)43-37(28)34(29)40-38(39-33)41-30-15-7-4-12-23(30)26-18-19-27-24-13-5-8-16-31(24)42-36(27)35(26)41/h1-21H. The third-order valence-corrected chi connectivity index (χ3v) is 9.82. The van der Waals surface area contributed by atoms with Gasteiger partial charge in [0.05, 0.1) is 21.4 Å². The summed E-state index contributed by atoms with van der Waals surface area (Å²) in [5, 5.41) is 7.97. The molecular formula is C38H21N3OS. The van der Waals surface area contributed by atoms with Crippen molar-refractivity contribution in [3.05, 3.63) is 127 Å². The molecule has 0 bridgehead atoms. The molecule has 10 aromatic rings. The number of thiophene rings is 1. The fourth-order valence-electron chi connectivity index (χ4n) is 6.72. The first-order chi connectivity index (χ1) is 21.3. The lowest BCUT2D eigenvalue weighted by atomic mass is 10.0. The Hall–Kier alpha value is -5.52. The number of furan rings is 1. The van der Waals surface area contributed by atoms with Crippen LogP contribution >= 0.6 is 11.3 Å². The van der Waals surface area contributed by atoms with Crippen LogP contribution in [0.2, 0.25) is 0 Å². The second-order valence-electron chi connectivity index (χ2n) is 11.0. The summed E-state index contributed by atoms with van der Waals surface area (Å²) < 4.78 is 11.2. The van der Waals surface area contributed by atoms with Crippen molar-refractivity contribution in [3.8, 4) is 17.2 Å². The normalized spacial score (nSPS) is 12.2. The number of fused-ring (bicyclic) bond motifs is 12. The monoisotopic (exact) mass is 567 g/mol. The van der Waals surface area contributed by atoms with Crippen LogP contribution < -0.4 is 0 Å². The van der Waals surface area contributed by atoms with Gasteiger partial charge >= 0.3 is 0 Å². The van der Waals surface area contributed by atoms with Crippen LogP contribution in [0, 0.1) is 0 Å². The van der Waals surface area contributed by atoms with E-state index in [0.717, 1.165) is 65.9 Å². The Morgan fingerprint density at radius 2 is 1.23 bits per heavy atom. The van der Waals surface area contributed by atoms with E-state index in [0.29, 0.717) is 5.95 Å². The van der Waals surface area contributed by atoms with Gasteiger partial charge in [0.25, 0.3) is 0 Å². The highest BCUT2D eigenvalue weighted by Crippen LogP contribution is 2.43. The van der Waals surface area contributed by atoms with Gasteiger partial charge in [0.2, 0.25) is 5.95 Å². The summed E-state index contributed by atoms with van der Waals surface area (Å²) in [6.07, 6.45) is 0. The summed E-state index contributed by atoms with van der Waals surface area (Å²) in [4.78, 5) is 10.8. The van der Waals surface area contributed by atoms with Crippen molar-refractivity contribution < 1.29 is 4.42 Å². The molecule has 4 heterocycles. The first-order valence-electron chi connectivity index (χ1n) is 14.3. The van der Waals surface area contributed by atoms with Crippen LogP contribution in [0.25, 0.3) is 92.0 Å². The molecule has 10 rings (SSSR count).